The summed E-state index contributed by atoms with van der Waals surface area (Å²) in [5.41, 5.74) is 0.341. The fraction of sp³-hybridized carbons (Fsp3) is 0.0952. The maximum Gasteiger partial charge on any atom is 0.416 e. The van der Waals surface area contributed by atoms with E-state index in [9.17, 15) is 21.6 Å². The van der Waals surface area contributed by atoms with Crippen molar-refractivity contribution in [2.75, 3.05) is 0 Å². The third-order valence-electron chi connectivity index (χ3n) is 4.65. The number of pyridine rings is 1. The van der Waals surface area contributed by atoms with Crippen molar-refractivity contribution in [2.45, 2.75) is 18.0 Å². The van der Waals surface area contributed by atoms with E-state index in [1.54, 1.807) is 37.3 Å². The molecule has 0 unspecified atom stereocenters. The summed E-state index contributed by atoms with van der Waals surface area (Å²) in [6.45, 7) is 1.79. The standard InChI is InChI=1S/C21H15F3N2O2S/c1-14-10-11-25-20-18(14)13-19(15-6-5-7-16(12-15)21(22,23)24)26(20)29(27,28)17-8-3-2-4-9-17/h2-13H,1H3. The molecule has 4 aromatic rings. The highest BCUT2D eigenvalue weighted by molar-refractivity contribution is 7.90. The van der Waals surface area contributed by atoms with Gasteiger partial charge in [0.2, 0.25) is 0 Å². The van der Waals surface area contributed by atoms with Gasteiger partial charge < -0.3 is 0 Å². The molecule has 0 bridgehead atoms. The van der Waals surface area contributed by atoms with Crippen LogP contribution in [0.2, 0.25) is 0 Å². The lowest BCUT2D eigenvalue weighted by Crippen LogP contribution is -2.15. The molecule has 148 valence electrons. The zero-order valence-electron chi connectivity index (χ0n) is 15.2. The van der Waals surface area contributed by atoms with Gasteiger partial charge in [-0.05, 0) is 54.4 Å². The summed E-state index contributed by atoms with van der Waals surface area (Å²) in [7, 11) is -4.09. The molecule has 0 N–H and O–H groups in total. The molecule has 0 spiro atoms. The molecule has 0 aliphatic carbocycles. The fourth-order valence-electron chi connectivity index (χ4n) is 3.20. The van der Waals surface area contributed by atoms with Gasteiger partial charge in [0.15, 0.2) is 5.65 Å². The van der Waals surface area contributed by atoms with Crippen LogP contribution < -0.4 is 0 Å². The van der Waals surface area contributed by atoms with Crippen molar-refractivity contribution in [1.29, 1.82) is 0 Å². The number of aromatic nitrogens is 2. The minimum Gasteiger partial charge on any atom is -0.237 e. The van der Waals surface area contributed by atoms with Gasteiger partial charge in [-0.3, -0.25) is 0 Å². The first kappa shape index (κ1) is 19.2. The van der Waals surface area contributed by atoms with Crippen molar-refractivity contribution in [1.82, 2.24) is 8.96 Å². The SMILES string of the molecule is Cc1ccnc2c1cc(-c1cccc(C(F)(F)F)c1)n2S(=O)(=O)c1ccccc1. The van der Waals surface area contributed by atoms with Gasteiger partial charge in [-0.15, -0.1) is 0 Å². The van der Waals surface area contributed by atoms with E-state index in [0.29, 0.717) is 5.39 Å². The predicted octanol–water partition coefficient (Wildman–Crippen LogP) is 5.27. The quantitative estimate of drug-likeness (QED) is 0.457. The van der Waals surface area contributed by atoms with Crippen LogP contribution in [0.4, 0.5) is 13.2 Å². The highest BCUT2D eigenvalue weighted by Gasteiger charge is 2.31. The molecular weight excluding hydrogens is 401 g/mol. The number of hydrogen-bond acceptors (Lipinski definition) is 3. The Morgan fingerprint density at radius 3 is 2.34 bits per heavy atom. The summed E-state index contributed by atoms with van der Waals surface area (Å²) in [4.78, 5) is 4.23. The second kappa shape index (κ2) is 6.73. The van der Waals surface area contributed by atoms with E-state index in [0.717, 1.165) is 21.7 Å². The first-order valence-corrected chi connectivity index (χ1v) is 10.1. The second-order valence-electron chi connectivity index (χ2n) is 6.56. The number of aryl methyl sites for hydroxylation is 1. The maximum absolute atomic E-state index is 13.4. The summed E-state index contributed by atoms with van der Waals surface area (Å²) in [5, 5.41) is 0.555. The van der Waals surface area contributed by atoms with E-state index in [2.05, 4.69) is 4.98 Å². The van der Waals surface area contributed by atoms with E-state index in [1.807, 2.05) is 0 Å². The molecule has 0 saturated heterocycles. The van der Waals surface area contributed by atoms with Crippen LogP contribution >= 0.6 is 0 Å². The summed E-state index contributed by atoms with van der Waals surface area (Å²) in [6, 6.07) is 15.6. The number of benzene rings is 2. The molecule has 29 heavy (non-hydrogen) atoms. The fourth-order valence-corrected chi connectivity index (χ4v) is 4.70. The van der Waals surface area contributed by atoms with Crippen LogP contribution in [-0.4, -0.2) is 17.4 Å². The van der Waals surface area contributed by atoms with Crippen molar-refractivity contribution in [3.05, 3.63) is 84.1 Å². The molecule has 0 aliphatic rings. The Labute approximate surface area is 165 Å². The summed E-state index contributed by atoms with van der Waals surface area (Å²) >= 11 is 0. The van der Waals surface area contributed by atoms with Crippen molar-refractivity contribution < 1.29 is 21.6 Å². The summed E-state index contributed by atoms with van der Waals surface area (Å²) in [6.07, 6.45) is -3.07. The molecule has 0 aliphatic heterocycles. The van der Waals surface area contributed by atoms with Crippen molar-refractivity contribution in [3.63, 3.8) is 0 Å². The van der Waals surface area contributed by atoms with Gasteiger partial charge in [0.1, 0.15) is 0 Å². The highest BCUT2D eigenvalue weighted by atomic mass is 32.2. The number of alkyl halides is 3. The average molecular weight is 416 g/mol. The molecule has 4 rings (SSSR count). The van der Waals surface area contributed by atoms with Gasteiger partial charge in [-0.1, -0.05) is 30.3 Å². The molecular formula is C21H15F3N2O2S. The van der Waals surface area contributed by atoms with Crippen LogP contribution in [0.3, 0.4) is 0 Å². The first-order chi connectivity index (χ1) is 13.7. The summed E-state index contributed by atoms with van der Waals surface area (Å²) < 4.78 is 67.5. The second-order valence-corrected chi connectivity index (χ2v) is 8.34. The van der Waals surface area contributed by atoms with Gasteiger partial charge in [0, 0.05) is 11.6 Å². The Kier molecular flexibility index (Phi) is 4.46. The largest absolute Gasteiger partial charge is 0.416 e. The van der Waals surface area contributed by atoms with Gasteiger partial charge in [-0.25, -0.2) is 17.4 Å². The lowest BCUT2D eigenvalue weighted by molar-refractivity contribution is -0.137. The van der Waals surface area contributed by atoms with Crippen LogP contribution in [0.1, 0.15) is 11.1 Å². The van der Waals surface area contributed by atoms with Crippen LogP contribution in [-0.2, 0) is 16.2 Å². The van der Waals surface area contributed by atoms with Crippen LogP contribution in [0.25, 0.3) is 22.3 Å². The lowest BCUT2D eigenvalue weighted by Gasteiger charge is -2.13. The molecule has 2 aromatic carbocycles. The monoisotopic (exact) mass is 416 g/mol. The smallest absolute Gasteiger partial charge is 0.237 e. The number of rotatable bonds is 3. The molecule has 0 fully saturated rings. The van der Waals surface area contributed by atoms with Crippen molar-refractivity contribution in [2.24, 2.45) is 0 Å². The molecule has 2 aromatic heterocycles. The molecule has 0 saturated carbocycles. The number of halogens is 3. The third-order valence-corrected chi connectivity index (χ3v) is 6.36. The average Bonchev–Trinajstić information content (AvgIpc) is 3.10. The highest BCUT2D eigenvalue weighted by Crippen LogP contribution is 2.36. The Hall–Kier alpha value is -3.13. The van der Waals surface area contributed by atoms with E-state index < -0.39 is 21.8 Å². The maximum atomic E-state index is 13.4. The normalized spacial score (nSPS) is 12.4. The Morgan fingerprint density at radius 1 is 0.931 bits per heavy atom. The molecule has 0 amide bonds. The number of nitrogens with zero attached hydrogens (tertiary/aromatic N) is 2. The molecule has 8 heteroatoms. The molecule has 0 radical (unpaired) electrons. The predicted molar refractivity (Wildman–Crippen MR) is 104 cm³/mol. The van der Waals surface area contributed by atoms with E-state index >= 15 is 0 Å². The zero-order chi connectivity index (χ0) is 20.8. The zero-order valence-corrected chi connectivity index (χ0v) is 16.0. The van der Waals surface area contributed by atoms with Crippen LogP contribution in [0.15, 0.2) is 77.8 Å². The molecule has 0 atom stereocenters. The minimum atomic E-state index is -4.54. The molecule has 2 heterocycles. The summed E-state index contributed by atoms with van der Waals surface area (Å²) in [5.74, 6) is 0. The van der Waals surface area contributed by atoms with Crippen molar-refractivity contribution in [3.8, 4) is 11.3 Å². The van der Waals surface area contributed by atoms with Gasteiger partial charge in [0.25, 0.3) is 10.0 Å². The Bertz CT molecular complexity index is 1310. The minimum absolute atomic E-state index is 0.0223. The van der Waals surface area contributed by atoms with Crippen LogP contribution in [0, 0.1) is 6.92 Å². The number of fused-ring (bicyclic) bond motifs is 1. The number of hydrogen-bond donors (Lipinski definition) is 0. The van der Waals surface area contributed by atoms with Gasteiger partial charge in [0.05, 0.1) is 16.2 Å². The Balaban J connectivity index is 2.07. The lowest BCUT2D eigenvalue weighted by atomic mass is 10.1. The van der Waals surface area contributed by atoms with Crippen molar-refractivity contribution >= 4 is 21.1 Å². The van der Waals surface area contributed by atoms with Gasteiger partial charge in [-0.2, -0.15) is 13.2 Å². The molecule has 4 nitrogen and oxygen atoms in total. The first-order valence-electron chi connectivity index (χ1n) is 8.65. The van der Waals surface area contributed by atoms with E-state index in [1.165, 1.54) is 30.5 Å². The van der Waals surface area contributed by atoms with Crippen LogP contribution in [0.5, 0.6) is 0 Å². The van der Waals surface area contributed by atoms with E-state index in [-0.39, 0.29) is 21.8 Å². The topological polar surface area (TPSA) is 52.0 Å². The van der Waals surface area contributed by atoms with E-state index in [4.69, 9.17) is 0 Å². The Morgan fingerprint density at radius 2 is 1.66 bits per heavy atom. The van der Waals surface area contributed by atoms with Gasteiger partial charge >= 0.3 is 6.18 Å². The third kappa shape index (κ3) is 3.29.